The average molecular weight is 801 g/mol. The van der Waals surface area contributed by atoms with Crippen LogP contribution < -0.4 is 0 Å². The Bertz CT molecular complexity index is 1840. The maximum absolute atomic E-state index is 3.06. The van der Waals surface area contributed by atoms with E-state index in [0.29, 0.717) is 11.8 Å². The molecule has 6 rings (SSSR count). The summed E-state index contributed by atoms with van der Waals surface area (Å²) in [5.74, 6) is 1.23. The molecule has 1 atom stereocenters. The Hall–Kier alpha value is -2.22. The zero-order chi connectivity index (χ0) is 33.4. The molecule has 0 amide bonds. The quantitative estimate of drug-likeness (QED) is 0.111. The molecule has 0 bridgehead atoms. The van der Waals surface area contributed by atoms with E-state index in [1.165, 1.54) is 102 Å². The fraction of sp³-hybridized carbons (Fsp3) is 0.304. The summed E-state index contributed by atoms with van der Waals surface area (Å²) in [6, 6.07) is 40.8. The van der Waals surface area contributed by atoms with Crippen LogP contribution in [0.15, 0.2) is 109 Å². The van der Waals surface area contributed by atoms with Crippen LogP contribution in [0.1, 0.15) is 102 Å². The predicted octanol–water partition coefficient (Wildman–Crippen LogP) is 14.7. The zero-order valence-electron chi connectivity index (χ0n) is 32.0. The summed E-state index contributed by atoms with van der Waals surface area (Å²) in [6.45, 7) is 21.1. The van der Waals surface area contributed by atoms with Gasteiger partial charge >= 0.3 is 30.2 Å². The zero-order valence-corrected chi connectivity index (χ0v) is 37.1. The molecule has 2 radical (unpaired) electrons. The molecule has 0 spiro atoms. The van der Waals surface area contributed by atoms with Gasteiger partial charge in [-0.3, -0.25) is 0 Å². The third kappa shape index (κ3) is 11.6. The number of aryl methyl sites for hydroxylation is 1. The van der Waals surface area contributed by atoms with E-state index in [-0.39, 0.29) is 45.1 Å². The number of hydrogen-bond donors (Lipinski definition) is 0. The molecule has 0 aliphatic carbocycles. The minimum atomic E-state index is 0. The van der Waals surface area contributed by atoms with Crippen molar-refractivity contribution in [3.8, 4) is 22.3 Å². The number of benzene rings is 4. The van der Waals surface area contributed by atoms with Crippen molar-refractivity contribution in [2.75, 3.05) is 0 Å². The normalized spacial score (nSPS) is 11.0. The van der Waals surface area contributed by atoms with Gasteiger partial charge in [0, 0.05) is 0 Å². The average Bonchev–Trinajstić information content (AvgIpc) is 3.70. The fourth-order valence-electron chi connectivity index (χ4n) is 6.34. The Morgan fingerprint density at radius 2 is 1.14 bits per heavy atom. The summed E-state index contributed by atoms with van der Waals surface area (Å²) in [6.07, 6.45) is 3.60. The molecule has 0 nitrogen and oxygen atoms in total. The van der Waals surface area contributed by atoms with E-state index >= 15 is 0 Å². The van der Waals surface area contributed by atoms with E-state index in [2.05, 4.69) is 171 Å². The van der Waals surface area contributed by atoms with Crippen LogP contribution >= 0.6 is 24.8 Å². The number of fused-ring (bicyclic) bond motifs is 2. The standard InChI is InChI=1S/C23H27.C21H23.2CH3.2ClH.Si.Zr/c1-5-7-17(4)21-14-20-8-6-9-22(23(20)15-21)19-12-10-18(11-13-19)16(2)3;1-5-15-13-17-7-6-8-19(20(17)14-15)16-9-11-18(12-10-16)21(2,3)4;;;;;;/h6,8-17H,5,7H2,1-4H3;6-14H,5H2,1-4H3;2*1H3;2*1H;;/q4*-1;;;;. The molecular weight excluding hydrogens is 743 g/mol. The van der Waals surface area contributed by atoms with Gasteiger partial charge in [0.2, 0.25) is 0 Å². The first-order valence-electron chi connectivity index (χ1n) is 16.9. The van der Waals surface area contributed by atoms with Gasteiger partial charge in [-0.2, -0.15) is 12.1 Å². The van der Waals surface area contributed by atoms with Gasteiger partial charge in [0.15, 0.2) is 0 Å². The van der Waals surface area contributed by atoms with Crippen molar-refractivity contribution in [3.63, 3.8) is 0 Å². The second-order valence-corrected chi connectivity index (χ2v) is 13.9. The summed E-state index contributed by atoms with van der Waals surface area (Å²) < 4.78 is 0. The molecule has 0 N–H and O–H groups in total. The Morgan fingerprint density at radius 3 is 1.60 bits per heavy atom. The Balaban J connectivity index is 0.000000853. The molecule has 268 valence electrons. The van der Waals surface area contributed by atoms with Gasteiger partial charge in [-0.05, 0) is 52.3 Å². The van der Waals surface area contributed by atoms with Crippen LogP contribution in [-0.4, -0.2) is 6.88 Å². The molecule has 50 heavy (non-hydrogen) atoms. The van der Waals surface area contributed by atoms with Gasteiger partial charge in [-0.15, -0.1) is 93.9 Å². The van der Waals surface area contributed by atoms with Crippen molar-refractivity contribution in [2.45, 2.75) is 91.9 Å². The Morgan fingerprint density at radius 1 is 0.660 bits per heavy atom. The first-order valence-corrected chi connectivity index (χ1v) is 21.1. The van der Waals surface area contributed by atoms with Crippen LogP contribution in [0.4, 0.5) is 0 Å². The van der Waals surface area contributed by atoms with Crippen molar-refractivity contribution in [1.29, 1.82) is 0 Å². The summed E-state index contributed by atoms with van der Waals surface area (Å²) in [7, 11) is 0. The van der Waals surface area contributed by atoms with Crippen molar-refractivity contribution in [3.05, 3.63) is 146 Å². The van der Waals surface area contributed by atoms with Gasteiger partial charge in [-0.1, -0.05) is 134 Å². The Labute approximate surface area is 334 Å². The third-order valence-electron chi connectivity index (χ3n) is 9.23. The second-order valence-electron chi connectivity index (χ2n) is 13.9. The van der Waals surface area contributed by atoms with E-state index in [0.717, 1.165) is 6.42 Å². The first-order chi connectivity index (χ1) is 22.1. The van der Waals surface area contributed by atoms with Gasteiger partial charge < -0.3 is 14.9 Å². The molecule has 0 saturated heterocycles. The van der Waals surface area contributed by atoms with E-state index in [4.69, 9.17) is 0 Å². The molecule has 6 aromatic carbocycles. The summed E-state index contributed by atoms with van der Waals surface area (Å²) in [5, 5.41) is 5.48. The van der Waals surface area contributed by atoms with Crippen LogP contribution in [0.25, 0.3) is 43.8 Å². The minimum absolute atomic E-state index is 0. The molecule has 0 aliphatic heterocycles. The van der Waals surface area contributed by atoms with E-state index < -0.39 is 0 Å². The number of halogens is 2. The molecule has 0 fully saturated rings. The molecule has 6 aromatic rings. The summed E-state index contributed by atoms with van der Waals surface area (Å²) >= 11 is 1.36. The molecular formula is C46H58Cl2SiZr-4. The van der Waals surface area contributed by atoms with Crippen LogP contribution in [0, 0.1) is 14.9 Å². The van der Waals surface area contributed by atoms with Gasteiger partial charge in [0.05, 0.1) is 0 Å². The molecule has 0 saturated carbocycles. The summed E-state index contributed by atoms with van der Waals surface area (Å²) in [5.41, 5.74) is 11.2. The van der Waals surface area contributed by atoms with Crippen molar-refractivity contribution < 1.29 is 23.3 Å². The predicted molar refractivity (Wildman–Crippen MR) is 229 cm³/mol. The van der Waals surface area contributed by atoms with Crippen molar-refractivity contribution in [1.82, 2.24) is 0 Å². The molecule has 0 aromatic heterocycles. The number of hydrogen-bond acceptors (Lipinski definition) is 0. The topological polar surface area (TPSA) is 0 Å². The van der Waals surface area contributed by atoms with Crippen molar-refractivity contribution >= 4 is 53.2 Å². The van der Waals surface area contributed by atoms with Gasteiger partial charge in [0.25, 0.3) is 0 Å². The monoisotopic (exact) mass is 798 g/mol. The third-order valence-corrected chi connectivity index (χ3v) is 9.23. The fourth-order valence-corrected chi connectivity index (χ4v) is 6.34. The van der Waals surface area contributed by atoms with E-state index in [1.54, 1.807) is 0 Å². The second kappa shape index (κ2) is 22.0. The van der Waals surface area contributed by atoms with Gasteiger partial charge in [0.1, 0.15) is 0 Å². The Kier molecular flexibility index (Phi) is 21.0. The molecule has 1 unspecified atom stereocenters. The van der Waals surface area contributed by atoms with E-state index in [9.17, 15) is 0 Å². The molecule has 0 aliphatic rings. The number of rotatable bonds is 7. The van der Waals surface area contributed by atoms with Crippen LogP contribution in [0.5, 0.6) is 0 Å². The van der Waals surface area contributed by atoms with Crippen molar-refractivity contribution in [2.24, 2.45) is 0 Å². The van der Waals surface area contributed by atoms with Crippen LogP contribution in [0.3, 0.4) is 0 Å². The van der Waals surface area contributed by atoms with Crippen LogP contribution in [-0.2, 0) is 35.2 Å². The molecule has 4 heteroatoms. The molecule has 0 heterocycles. The van der Waals surface area contributed by atoms with Crippen LogP contribution in [0.2, 0.25) is 0 Å². The maximum atomic E-state index is 3.06. The summed E-state index contributed by atoms with van der Waals surface area (Å²) in [4.78, 5) is 0. The van der Waals surface area contributed by atoms with E-state index in [1.807, 2.05) is 0 Å². The SMILES string of the molecule is CCCC(C)c1cc2c(-c3ccc(C(C)C)cc3)cccc2[cH-]1.CCc1cc2c(-c3ccc(C(C)(C)C)cc3)cccc2[cH-]1.Cl.Cl.[CH3-].[CH3-].[Si]=[Zr]. The van der Waals surface area contributed by atoms with Gasteiger partial charge in [-0.25, -0.2) is 0 Å². The first kappa shape index (κ1) is 47.8.